The van der Waals surface area contributed by atoms with Crippen molar-refractivity contribution in [1.29, 1.82) is 0 Å². The second kappa shape index (κ2) is 11.8. The smallest absolute Gasteiger partial charge is 0.435 e. The number of ether oxygens (including phenoxy) is 2. The molecule has 9 heteroatoms. The van der Waals surface area contributed by atoms with E-state index in [1.54, 1.807) is 32.2 Å². The summed E-state index contributed by atoms with van der Waals surface area (Å²) in [7, 11) is 5.74. The van der Waals surface area contributed by atoms with Crippen LogP contribution >= 0.6 is 0 Å². The molecule has 188 valence electrons. The van der Waals surface area contributed by atoms with E-state index < -0.39 is 6.09 Å². The van der Waals surface area contributed by atoms with Gasteiger partial charge in [0.25, 0.3) is 5.91 Å². The molecular weight excluding hydrogens is 446 g/mol. The van der Waals surface area contributed by atoms with Gasteiger partial charge >= 0.3 is 6.09 Å². The Kier molecular flexibility index (Phi) is 8.84. The Morgan fingerprint density at radius 2 is 1.89 bits per heavy atom. The van der Waals surface area contributed by atoms with Crippen LogP contribution in [0.2, 0.25) is 0 Å². The fourth-order valence-corrected chi connectivity index (χ4v) is 3.77. The molecule has 3 rings (SSSR count). The number of methoxy groups -OCH3 is 1. The molecule has 0 fully saturated rings. The molecule has 0 radical (unpaired) electrons. The first-order valence-corrected chi connectivity index (χ1v) is 11.8. The van der Waals surface area contributed by atoms with Gasteiger partial charge in [-0.3, -0.25) is 4.79 Å². The van der Waals surface area contributed by atoms with Crippen molar-refractivity contribution < 1.29 is 19.1 Å². The molecule has 0 saturated heterocycles. The Hall–Kier alpha value is -3.43. The van der Waals surface area contributed by atoms with Gasteiger partial charge in [-0.2, -0.15) is 4.68 Å². The maximum atomic E-state index is 13.4. The zero-order chi connectivity index (χ0) is 25.5. The molecule has 0 saturated carbocycles. The molecule has 1 heterocycles. The van der Waals surface area contributed by atoms with Gasteiger partial charge in [-0.1, -0.05) is 18.2 Å². The number of likely N-dealkylation sites (N-methyl/N-ethyl adjacent to an activating group) is 1. The number of carbonyl (C=O) groups is 2. The van der Waals surface area contributed by atoms with Gasteiger partial charge in [-0.25, -0.2) is 4.79 Å². The lowest BCUT2D eigenvalue weighted by molar-refractivity contribution is 0.102. The van der Waals surface area contributed by atoms with Crippen LogP contribution in [-0.4, -0.2) is 73.2 Å². The second-order valence-electron chi connectivity index (χ2n) is 8.83. The lowest BCUT2D eigenvalue weighted by atomic mass is 10.0. The fraction of sp³-hybridized carbons (Fsp3) is 0.423. The summed E-state index contributed by atoms with van der Waals surface area (Å²) in [5.41, 5.74) is 2.86. The Morgan fingerprint density at radius 3 is 2.57 bits per heavy atom. The predicted molar refractivity (Wildman–Crippen MR) is 138 cm³/mol. The first kappa shape index (κ1) is 26.2. The average Bonchev–Trinajstić information content (AvgIpc) is 3.18. The van der Waals surface area contributed by atoms with Crippen molar-refractivity contribution >= 4 is 34.4 Å². The highest BCUT2D eigenvalue weighted by Crippen LogP contribution is 2.26. The summed E-state index contributed by atoms with van der Waals surface area (Å²) in [6, 6.07) is 13.3. The van der Waals surface area contributed by atoms with Gasteiger partial charge in [-0.05, 0) is 71.1 Å². The minimum Gasteiger partial charge on any atom is -0.448 e. The minimum atomic E-state index is -0.598. The number of aromatic nitrogens is 2. The number of fused-ring (bicyclic) bond motifs is 1. The Balaban J connectivity index is 1.94. The molecule has 0 aliphatic rings. The summed E-state index contributed by atoms with van der Waals surface area (Å²) in [4.78, 5) is 27.9. The molecule has 9 nitrogen and oxygen atoms in total. The number of nitrogens with zero attached hydrogens (tertiary/aromatic N) is 3. The summed E-state index contributed by atoms with van der Waals surface area (Å²) >= 11 is 0. The van der Waals surface area contributed by atoms with Crippen LogP contribution in [0.15, 0.2) is 42.5 Å². The fourth-order valence-electron chi connectivity index (χ4n) is 3.77. The van der Waals surface area contributed by atoms with Crippen LogP contribution < -0.4 is 10.6 Å². The first-order chi connectivity index (χ1) is 16.7. The Labute approximate surface area is 206 Å². The second-order valence-corrected chi connectivity index (χ2v) is 8.83. The summed E-state index contributed by atoms with van der Waals surface area (Å²) in [6.07, 6.45) is 0.246. The van der Waals surface area contributed by atoms with Crippen LogP contribution in [0.3, 0.4) is 0 Å². The van der Waals surface area contributed by atoms with Gasteiger partial charge in [0.05, 0.1) is 24.3 Å². The standard InChI is InChI=1S/C26H35N5O4/c1-7-35-26(33)31-23-11-9-8-10-21(23)24(29-31)28-25(32)20-13-12-19(14-18(3)30(4)5)15-22(20)27-17(2)16-34-6/h8-13,15,17-18,27H,7,14,16H2,1-6H3,(H,28,29,32). The van der Waals surface area contributed by atoms with E-state index in [0.29, 0.717) is 40.6 Å². The molecule has 0 bridgehead atoms. The van der Waals surface area contributed by atoms with Crippen LogP contribution in [0.25, 0.3) is 10.9 Å². The lowest BCUT2D eigenvalue weighted by Crippen LogP contribution is -2.27. The van der Waals surface area contributed by atoms with Crippen molar-refractivity contribution in [2.45, 2.75) is 39.3 Å². The molecule has 0 spiro atoms. The number of hydrogen-bond acceptors (Lipinski definition) is 7. The van der Waals surface area contributed by atoms with Crippen molar-refractivity contribution in [2.75, 3.05) is 45.1 Å². The summed E-state index contributed by atoms with van der Waals surface area (Å²) in [5.74, 6) is -0.0385. The van der Waals surface area contributed by atoms with Gasteiger partial charge < -0.3 is 25.0 Å². The molecule has 2 atom stereocenters. The lowest BCUT2D eigenvalue weighted by Gasteiger charge is -2.22. The SMILES string of the molecule is CCOC(=O)n1nc(NC(=O)c2ccc(CC(C)N(C)C)cc2NC(C)COC)c2ccccc21. The molecule has 35 heavy (non-hydrogen) atoms. The number of anilines is 2. The first-order valence-electron chi connectivity index (χ1n) is 11.8. The summed E-state index contributed by atoms with van der Waals surface area (Å²) in [6.45, 7) is 6.60. The topological polar surface area (TPSA) is 97.7 Å². The van der Waals surface area contributed by atoms with E-state index in [0.717, 1.165) is 12.0 Å². The molecule has 2 N–H and O–H groups in total. The molecule has 0 aliphatic carbocycles. The van der Waals surface area contributed by atoms with Crippen molar-refractivity contribution in [3.63, 3.8) is 0 Å². The third-order valence-electron chi connectivity index (χ3n) is 5.82. The van der Waals surface area contributed by atoms with Crippen LogP contribution in [0.5, 0.6) is 0 Å². The van der Waals surface area contributed by atoms with Gasteiger partial charge in [-0.15, -0.1) is 5.10 Å². The van der Waals surface area contributed by atoms with Crippen LogP contribution in [0.4, 0.5) is 16.3 Å². The minimum absolute atomic E-state index is 0.00285. The quantitative estimate of drug-likeness (QED) is 0.447. The molecule has 2 aromatic carbocycles. The maximum Gasteiger partial charge on any atom is 0.435 e. The number of benzene rings is 2. The van der Waals surface area contributed by atoms with Crippen molar-refractivity contribution in [1.82, 2.24) is 14.7 Å². The van der Waals surface area contributed by atoms with E-state index in [-0.39, 0.29) is 18.6 Å². The van der Waals surface area contributed by atoms with E-state index in [4.69, 9.17) is 9.47 Å². The molecule has 1 aromatic heterocycles. The van der Waals surface area contributed by atoms with E-state index in [1.165, 1.54) is 4.68 Å². The average molecular weight is 482 g/mol. The van der Waals surface area contributed by atoms with E-state index in [1.807, 2.05) is 45.3 Å². The highest BCUT2D eigenvalue weighted by molar-refractivity contribution is 6.11. The van der Waals surface area contributed by atoms with Gasteiger partial charge in [0, 0.05) is 30.3 Å². The zero-order valence-electron chi connectivity index (χ0n) is 21.3. The summed E-state index contributed by atoms with van der Waals surface area (Å²) in [5, 5.41) is 11.3. The number of carbonyl (C=O) groups excluding carboxylic acids is 2. The van der Waals surface area contributed by atoms with Crippen molar-refractivity contribution in [3.05, 3.63) is 53.6 Å². The van der Waals surface area contributed by atoms with Crippen LogP contribution in [0, 0.1) is 0 Å². The van der Waals surface area contributed by atoms with E-state index in [9.17, 15) is 9.59 Å². The van der Waals surface area contributed by atoms with Crippen molar-refractivity contribution in [2.24, 2.45) is 0 Å². The largest absolute Gasteiger partial charge is 0.448 e. The van der Waals surface area contributed by atoms with Crippen molar-refractivity contribution in [3.8, 4) is 0 Å². The number of para-hydroxylation sites is 1. The normalized spacial score (nSPS) is 13.0. The number of rotatable bonds is 10. The number of nitrogens with one attached hydrogen (secondary N) is 2. The van der Waals surface area contributed by atoms with Gasteiger partial charge in [0.2, 0.25) is 0 Å². The molecular formula is C26H35N5O4. The van der Waals surface area contributed by atoms with Gasteiger partial charge in [0.15, 0.2) is 5.82 Å². The number of amides is 1. The predicted octanol–water partition coefficient (Wildman–Crippen LogP) is 4.23. The highest BCUT2D eigenvalue weighted by Gasteiger charge is 2.21. The molecule has 0 aliphatic heterocycles. The zero-order valence-corrected chi connectivity index (χ0v) is 21.3. The number of hydrogen-bond donors (Lipinski definition) is 2. The monoisotopic (exact) mass is 481 g/mol. The van der Waals surface area contributed by atoms with E-state index in [2.05, 4.69) is 27.6 Å². The molecule has 2 unspecified atom stereocenters. The maximum absolute atomic E-state index is 13.4. The molecule has 1 amide bonds. The van der Waals surface area contributed by atoms with Crippen LogP contribution in [0.1, 0.15) is 36.7 Å². The summed E-state index contributed by atoms with van der Waals surface area (Å²) < 4.78 is 11.5. The van der Waals surface area contributed by atoms with Crippen LogP contribution in [-0.2, 0) is 15.9 Å². The van der Waals surface area contributed by atoms with Gasteiger partial charge in [0.1, 0.15) is 0 Å². The Morgan fingerprint density at radius 1 is 1.14 bits per heavy atom. The van der Waals surface area contributed by atoms with E-state index >= 15 is 0 Å². The third kappa shape index (κ3) is 6.37. The molecule has 3 aromatic rings. The Bertz CT molecular complexity index is 1170. The highest BCUT2D eigenvalue weighted by atomic mass is 16.6. The third-order valence-corrected chi connectivity index (χ3v) is 5.82.